The minimum absolute atomic E-state index is 0.0441. The largest absolute Gasteiger partial charge is 0.497 e. The van der Waals surface area contributed by atoms with Crippen LogP contribution in [0.5, 0.6) is 5.75 Å². The first-order valence-corrected chi connectivity index (χ1v) is 7.55. The third-order valence-corrected chi connectivity index (χ3v) is 3.58. The van der Waals surface area contributed by atoms with Gasteiger partial charge in [0.25, 0.3) is 0 Å². The van der Waals surface area contributed by atoms with Crippen LogP contribution in [0.4, 0.5) is 18.9 Å². The average Bonchev–Trinajstić information content (AvgIpc) is 2.60. The summed E-state index contributed by atoms with van der Waals surface area (Å²) < 4.78 is 42.9. The van der Waals surface area contributed by atoms with Gasteiger partial charge in [0.05, 0.1) is 18.4 Å². The number of ether oxygens (including phenoxy) is 1. The van der Waals surface area contributed by atoms with Crippen molar-refractivity contribution < 1.29 is 27.5 Å². The number of hydrogen-bond acceptors (Lipinski definition) is 3. The predicted molar refractivity (Wildman–Crippen MR) is 87.2 cm³/mol. The van der Waals surface area contributed by atoms with Crippen LogP contribution in [0.2, 0.25) is 0 Å². The number of nitrogens with one attached hydrogen (secondary N) is 1. The van der Waals surface area contributed by atoms with Gasteiger partial charge in [-0.1, -0.05) is 12.1 Å². The van der Waals surface area contributed by atoms with Crippen molar-refractivity contribution >= 4 is 29.0 Å². The number of anilines is 1. The molecule has 1 N–H and O–H groups in total. The SMILES string of the molecule is COc1ccc(NC(=O)CCl)c(C(=O)c2ccc(C(F)(F)F)cc2)c1. The first-order valence-electron chi connectivity index (χ1n) is 7.02. The minimum Gasteiger partial charge on any atom is -0.497 e. The Morgan fingerprint density at radius 1 is 1.12 bits per heavy atom. The number of amides is 1. The highest BCUT2D eigenvalue weighted by molar-refractivity contribution is 6.29. The number of ketones is 1. The van der Waals surface area contributed by atoms with Crippen molar-refractivity contribution in [3.63, 3.8) is 0 Å². The zero-order chi connectivity index (χ0) is 18.6. The molecule has 2 aromatic rings. The van der Waals surface area contributed by atoms with Crippen LogP contribution < -0.4 is 10.1 Å². The molecule has 0 aromatic heterocycles. The molecule has 0 saturated heterocycles. The maximum atomic E-state index is 12.6. The number of carbonyl (C=O) groups is 2. The van der Waals surface area contributed by atoms with Gasteiger partial charge in [-0.3, -0.25) is 9.59 Å². The van der Waals surface area contributed by atoms with Crippen molar-refractivity contribution in [2.45, 2.75) is 6.18 Å². The van der Waals surface area contributed by atoms with Gasteiger partial charge in [0.1, 0.15) is 11.6 Å². The molecule has 0 aliphatic carbocycles. The van der Waals surface area contributed by atoms with Crippen LogP contribution in [0.1, 0.15) is 21.5 Å². The lowest BCUT2D eigenvalue weighted by atomic mass is 10.00. The molecule has 0 aliphatic rings. The molecule has 2 rings (SSSR count). The van der Waals surface area contributed by atoms with Gasteiger partial charge in [-0.05, 0) is 30.3 Å². The van der Waals surface area contributed by atoms with Crippen LogP contribution >= 0.6 is 11.6 Å². The molecule has 0 atom stereocenters. The maximum absolute atomic E-state index is 12.6. The Morgan fingerprint density at radius 2 is 1.76 bits per heavy atom. The molecular formula is C17H13ClF3NO3. The smallest absolute Gasteiger partial charge is 0.416 e. The minimum atomic E-state index is -4.49. The Bertz CT molecular complexity index is 789. The standard InChI is InChI=1S/C17H13ClF3NO3/c1-25-12-6-7-14(22-15(23)9-18)13(8-12)16(24)10-2-4-11(5-3-10)17(19,20)21/h2-8H,9H2,1H3,(H,22,23). The summed E-state index contributed by atoms with van der Waals surface area (Å²) >= 11 is 5.44. The second kappa shape index (κ2) is 7.57. The van der Waals surface area contributed by atoms with Crippen LogP contribution in [0.25, 0.3) is 0 Å². The third kappa shape index (κ3) is 4.51. The maximum Gasteiger partial charge on any atom is 0.416 e. The zero-order valence-electron chi connectivity index (χ0n) is 13.0. The summed E-state index contributed by atoms with van der Waals surface area (Å²) in [7, 11) is 1.40. The third-order valence-electron chi connectivity index (χ3n) is 3.34. The first-order chi connectivity index (χ1) is 11.8. The number of hydrogen-bond donors (Lipinski definition) is 1. The van der Waals surface area contributed by atoms with Gasteiger partial charge >= 0.3 is 6.18 Å². The van der Waals surface area contributed by atoms with Gasteiger partial charge in [0, 0.05) is 11.1 Å². The van der Waals surface area contributed by atoms with Gasteiger partial charge in [-0.15, -0.1) is 11.6 Å². The molecule has 1 amide bonds. The average molecular weight is 372 g/mol. The van der Waals surface area contributed by atoms with Gasteiger partial charge < -0.3 is 10.1 Å². The molecular weight excluding hydrogens is 359 g/mol. The van der Waals surface area contributed by atoms with E-state index in [1.165, 1.54) is 25.3 Å². The number of alkyl halides is 4. The number of benzene rings is 2. The molecule has 0 saturated carbocycles. The van der Waals surface area contributed by atoms with Crippen LogP contribution in [-0.2, 0) is 11.0 Å². The molecule has 0 heterocycles. The zero-order valence-corrected chi connectivity index (χ0v) is 13.7. The van der Waals surface area contributed by atoms with Crippen LogP contribution in [0.15, 0.2) is 42.5 Å². The Kier molecular flexibility index (Phi) is 5.69. The second-order valence-corrected chi connectivity index (χ2v) is 5.26. The van der Waals surface area contributed by atoms with Crippen molar-refractivity contribution in [1.82, 2.24) is 0 Å². The van der Waals surface area contributed by atoms with E-state index in [1.807, 2.05) is 0 Å². The van der Waals surface area contributed by atoms with Crippen molar-refractivity contribution in [3.05, 3.63) is 59.2 Å². The summed E-state index contributed by atoms with van der Waals surface area (Å²) in [6, 6.07) is 8.20. The quantitative estimate of drug-likeness (QED) is 0.635. The van der Waals surface area contributed by atoms with E-state index in [0.717, 1.165) is 24.3 Å². The summed E-state index contributed by atoms with van der Waals surface area (Å²) in [4.78, 5) is 24.1. The molecule has 0 fully saturated rings. The second-order valence-electron chi connectivity index (χ2n) is 5.00. The van der Waals surface area contributed by atoms with Crippen LogP contribution in [0, 0.1) is 0 Å². The highest BCUT2D eigenvalue weighted by Crippen LogP contribution is 2.30. The topological polar surface area (TPSA) is 55.4 Å². The van der Waals surface area contributed by atoms with Crippen molar-refractivity contribution in [2.24, 2.45) is 0 Å². The Morgan fingerprint density at radius 3 is 2.28 bits per heavy atom. The molecule has 4 nitrogen and oxygen atoms in total. The van der Waals surface area contributed by atoms with Crippen LogP contribution in [0.3, 0.4) is 0 Å². The molecule has 8 heteroatoms. The van der Waals surface area contributed by atoms with E-state index in [9.17, 15) is 22.8 Å². The lowest BCUT2D eigenvalue weighted by molar-refractivity contribution is -0.137. The highest BCUT2D eigenvalue weighted by Gasteiger charge is 2.30. The Hall–Kier alpha value is -2.54. The molecule has 25 heavy (non-hydrogen) atoms. The van der Waals surface area contributed by atoms with E-state index in [4.69, 9.17) is 16.3 Å². The monoisotopic (exact) mass is 371 g/mol. The molecule has 0 spiro atoms. The predicted octanol–water partition coefficient (Wildman–Crippen LogP) is 4.12. The fourth-order valence-electron chi connectivity index (χ4n) is 2.10. The molecule has 2 aromatic carbocycles. The number of halogens is 4. The first kappa shape index (κ1) is 18.8. The number of methoxy groups -OCH3 is 1. The van der Waals surface area contributed by atoms with Gasteiger partial charge in [0.2, 0.25) is 5.91 Å². The fourth-order valence-corrected chi connectivity index (χ4v) is 2.16. The lowest BCUT2D eigenvalue weighted by Gasteiger charge is -2.12. The summed E-state index contributed by atoms with van der Waals surface area (Å²) in [5, 5.41) is 2.47. The normalized spacial score (nSPS) is 11.1. The van der Waals surface area contributed by atoms with E-state index in [0.29, 0.717) is 5.75 Å². The van der Waals surface area contributed by atoms with Crippen molar-refractivity contribution in [1.29, 1.82) is 0 Å². The number of rotatable bonds is 5. The van der Waals surface area contributed by atoms with Crippen LogP contribution in [-0.4, -0.2) is 24.7 Å². The van der Waals surface area contributed by atoms with E-state index >= 15 is 0 Å². The summed E-state index contributed by atoms with van der Waals surface area (Å²) in [6.07, 6.45) is -4.49. The van der Waals surface area contributed by atoms with Gasteiger partial charge in [-0.2, -0.15) is 13.2 Å². The highest BCUT2D eigenvalue weighted by atomic mass is 35.5. The van der Waals surface area contributed by atoms with Gasteiger partial charge in [-0.25, -0.2) is 0 Å². The molecule has 0 aliphatic heterocycles. The summed E-state index contributed by atoms with van der Waals surface area (Å²) in [6.45, 7) is 0. The molecule has 132 valence electrons. The fraction of sp³-hybridized carbons (Fsp3) is 0.176. The van der Waals surface area contributed by atoms with Crippen molar-refractivity contribution in [2.75, 3.05) is 18.3 Å². The molecule has 0 bridgehead atoms. The van der Waals surface area contributed by atoms with E-state index in [1.54, 1.807) is 0 Å². The summed E-state index contributed by atoms with van der Waals surface area (Å²) in [5.74, 6) is -1.02. The van der Waals surface area contributed by atoms with Crippen molar-refractivity contribution in [3.8, 4) is 5.75 Å². The summed E-state index contributed by atoms with van der Waals surface area (Å²) in [5.41, 5.74) is -0.540. The number of carbonyl (C=O) groups excluding carboxylic acids is 2. The molecule has 0 radical (unpaired) electrons. The van der Waals surface area contributed by atoms with E-state index in [2.05, 4.69) is 5.32 Å². The lowest BCUT2D eigenvalue weighted by Crippen LogP contribution is -2.16. The van der Waals surface area contributed by atoms with E-state index < -0.39 is 23.4 Å². The van der Waals surface area contributed by atoms with Gasteiger partial charge in [0.15, 0.2) is 5.78 Å². The Balaban J connectivity index is 2.41. The Labute approximate surface area is 146 Å². The van der Waals surface area contributed by atoms with E-state index in [-0.39, 0.29) is 22.7 Å². The molecule has 0 unspecified atom stereocenters.